The molecule has 0 fully saturated rings. The molecular formula is C21H36O11S4. The van der Waals surface area contributed by atoms with Crippen LogP contribution in [-0.4, -0.2) is 108 Å². The Labute approximate surface area is 232 Å². The highest BCUT2D eigenvalue weighted by atomic mass is 32.1. The molecule has 0 aromatic carbocycles. The van der Waals surface area contributed by atoms with Crippen molar-refractivity contribution in [3.05, 3.63) is 0 Å². The van der Waals surface area contributed by atoms with Crippen molar-refractivity contribution in [1.82, 2.24) is 0 Å². The molecule has 0 aromatic heterocycles. The van der Waals surface area contributed by atoms with E-state index in [2.05, 4.69) is 50.5 Å². The lowest BCUT2D eigenvalue weighted by Crippen LogP contribution is -2.46. The Morgan fingerprint density at radius 3 is 1.19 bits per heavy atom. The number of rotatable bonds is 18. The summed E-state index contributed by atoms with van der Waals surface area (Å²) in [7, 11) is 0. The maximum Gasteiger partial charge on any atom is 0.318 e. The van der Waals surface area contributed by atoms with Gasteiger partial charge in [-0.25, -0.2) is 0 Å². The molecule has 0 saturated carbocycles. The maximum absolute atomic E-state index is 11.9. The Bertz CT molecular complexity index is 694. The topological polar surface area (TPSA) is 155 Å². The first-order valence-corrected chi connectivity index (χ1v) is 13.1. The molecule has 11 nitrogen and oxygen atoms in total. The molecule has 0 rings (SSSR count). The van der Waals surface area contributed by atoms with Crippen molar-refractivity contribution in [3.8, 4) is 0 Å². The molecule has 2 N–H and O–H groups in total. The molecule has 4 atom stereocenters. The predicted molar refractivity (Wildman–Crippen MR) is 143 cm³/mol. The lowest BCUT2D eigenvalue weighted by atomic mass is 9.90. The molecule has 4 unspecified atom stereocenters. The van der Waals surface area contributed by atoms with Gasteiger partial charge in [0.1, 0.15) is 26.4 Å². The molecule has 36 heavy (non-hydrogen) atoms. The van der Waals surface area contributed by atoms with Crippen molar-refractivity contribution in [3.63, 3.8) is 0 Å². The largest absolute Gasteiger partial charge is 0.464 e. The van der Waals surface area contributed by atoms with Gasteiger partial charge in [0, 0.05) is 0 Å². The van der Waals surface area contributed by atoms with Gasteiger partial charge in [0.25, 0.3) is 0 Å². The number of ether oxygens (including phenoxy) is 5. The second-order valence-electron chi connectivity index (χ2n) is 8.48. The molecule has 0 bridgehead atoms. The normalized spacial score (nSPS) is 17.0. The summed E-state index contributed by atoms with van der Waals surface area (Å²) in [6, 6.07) is 0. The first-order chi connectivity index (χ1) is 16.8. The summed E-state index contributed by atoms with van der Waals surface area (Å²) < 4.78 is 26.4. The van der Waals surface area contributed by atoms with Crippen LogP contribution in [-0.2, 0) is 42.9 Å². The molecule has 0 heterocycles. The molecule has 0 aliphatic heterocycles. The minimum atomic E-state index is -1.38. The van der Waals surface area contributed by atoms with E-state index in [1.807, 2.05) is 0 Å². The van der Waals surface area contributed by atoms with Gasteiger partial charge >= 0.3 is 23.9 Å². The number of carbonyl (C=O) groups excluding carboxylic acids is 4. The number of thiol groups is 4. The minimum absolute atomic E-state index is 0.215. The van der Waals surface area contributed by atoms with Gasteiger partial charge in [0.2, 0.25) is 0 Å². The van der Waals surface area contributed by atoms with Gasteiger partial charge in [-0.3, -0.25) is 19.2 Å². The zero-order chi connectivity index (χ0) is 27.9. The molecule has 0 aliphatic carbocycles. The van der Waals surface area contributed by atoms with Crippen molar-refractivity contribution in [1.29, 1.82) is 0 Å². The van der Waals surface area contributed by atoms with Gasteiger partial charge in [-0.05, 0) is 20.8 Å². The maximum atomic E-state index is 11.9. The summed E-state index contributed by atoms with van der Waals surface area (Å²) in [5.74, 6) is -2.88. The monoisotopic (exact) mass is 592 g/mol. The second-order valence-corrected chi connectivity index (χ2v) is 11.1. The number of hydrogen-bond acceptors (Lipinski definition) is 15. The fourth-order valence-corrected chi connectivity index (χ4v) is 2.64. The van der Waals surface area contributed by atoms with Gasteiger partial charge < -0.3 is 33.9 Å². The standard InChI is InChI=1S/C21H36O11S4/c1-13(34)17(25)30-10-20(5-22,9-29-16(24)4-33)7-28-8-21(6-23,11-31-18(26)14(2)35)12-32-19(27)15(3)36/h13-15,22-23,33-36H,4-12H2,1-3H3. The highest BCUT2D eigenvalue weighted by molar-refractivity contribution is 7.82. The molecule has 15 heteroatoms. The third-order valence-electron chi connectivity index (χ3n) is 4.74. The third-order valence-corrected chi connectivity index (χ3v) is 5.63. The summed E-state index contributed by atoms with van der Waals surface area (Å²) in [6.07, 6.45) is 0. The van der Waals surface area contributed by atoms with Crippen LogP contribution in [0.15, 0.2) is 0 Å². The van der Waals surface area contributed by atoms with Crippen LogP contribution in [0.1, 0.15) is 20.8 Å². The Balaban J connectivity index is 5.63. The summed E-state index contributed by atoms with van der Waals surface area (Å²) in [5, 5.41) is 18.0. The van der Waals surface area contributed by atoms with E-state index in [1.54, 1.807) is 0 Å². The molecular weight excluding hydrogens is 556 g/mol. The van der Waals surface area contributed by atoms with E-state index in [0.717, 1.165) is 0 Å². The SMILES string of the molecule is CC(S)C(=O)OCC(CO)(COCC(CO)(COC(=O)C(C)S)COC(=O)C(C)S)COC(=O)CS. The summed E-state index contributed by atoms with van der Waals surface area (Å²) in [4.78, 5) is 47.4. The van der Waals surface area contributed by atoms with E-state index in [0.29, 0.717) is 0 Å². The van der Waals surface area contributed by atoms with E-state index < -0.39 is 63.7 Å². The first-order valence-electron chi connectivity index (χ1n) is 10.9. The number of aliphatic hydroxyl groups excluding tert-OH is 2. The molecule has 0 aromatic rings. The van der Waals surface area contributed by atoms with Crippen LogP contribution < -0.4 is 0 Å². The highest BCUT2D eigenvalue weighted by Gasteiger charge is 2.38. The Hall–Kier alpha value is -0.840. The minimum Gasteiger partial charge on any atom is -0.464 e. The van der Waals surface area contributed by atoms with Crippen LogP contribution in [0, 0.1) is 10.8 Å². The van der Waals surface area contributed by atoms with E-state index >= 15 is 0 Å². The Kier molecular flexibility index (Phi) is 17.2. The number of carbonyl (C=O) groups is 4. The fourth-order valence-electron chi connectivity index (χ4n) is 2.32. The lowest BCUT2D eigenvalue weighted by molar-refractivity contribution is -0.166. The van der Waals surface area contributed by atoms with E-state index in [-0.39, 0.29) is 45.4 Å². The number of esters is 4. The Morgan fingerprint density at radius 2 is 0.944 bits per heavy atom. The quantitative estimate of drug-likeness (QED) is 0.0725. The van der Waals surface area contributed by atoms with Crippen molar-refractivity contribution in [2.45, 2.75) is 36.5 Å². The summed E-state index contributed by atoms with van der Waals surface area (Å²) in [6.45, 7) is 1.15. The van der Waals surface area contributed by atoms with Gasteiger partial charge in [0.15, 0.2) is 0 Å². The van der Waals surface area contributed by atoms with Crippen molar-refractivity contribution < 1.29 is 53.1 Å². The molecule has 0 aliphatic rings. The van der Waals surface area contributed by atoms with E-state index in [1.165, 1.54) is 20.8 Å². The third kappa shape index (κ3) is 13.1. The van der Waals surface area contributed by atoms with Crippen molar-refractivity contribution >= 4 is 74.4 Å². The van der Waals surface area contributed by atoms with Crippen molar-refractivity contribution in [2.24, 2.45) is 10.8 Å². The molecule has 0 amide bonds. The average Bonchev–Trinajstić information content (AvgIpc) is 2.85. The number of aliphatic hydroxyl groups is 2. The van der Waals surface area contributed by atoms with Crippen LogP contribution in [0.4, 0.5) is 0 Å². The molecule has 0 saturated heterocycles. The van der Waals surface area contributed by atoms with Crippen molar-refractivity contribution in [2.75, 3.05) is 58.6 Å². The lowest BCUT2D eigenvalue weighted by Gasteiger charge is -2.34. The number of hydrogen-bond donors (Lipinski definition) is 6. The van der Waals surface area contributed by atoms with Crippen LogP contribution >= 0.6 is 50.5 Å². The molecule has 0 spiro atoms. The predicted octanol–water partition coefficient (Wildman–Crippen LogP) is 0.0179. The van der Waals surface area contributed by atoms with Gasteiger partial charge in [-0.2, -0.15) is 50.5 Å². The second kappa shape index (κ2) is 17.6. The summed E-state index contributed by atoms with van der Waals surface area (Å²) >= 11 is 15.8. The highest BCUT2D eigenvalue weighted by Crippen LogP contribution is 2.25. The first kappa shape index (κ1) is 35.2. The molecule has 210 valence electrons. The average molecular weight is 593 g/mol. The fraction of sp³-hybridized carbons (Fsp3) is 0.810. The van der Waals surface area contributed by atoms with Gasteiger partial charge in [0.05, 0.1) is 58.8 Å². The Morgan fingerprint density at radius 1 is 0.639 bits per heavy atom. The van der Waals surface area contributed by atoms with Gasteiger partial charge in [-0.1, -0.05) is 0 Å². The van der Waals surface area contributed by atoms with Crippen LogP contribution in [0.2, 0.25) is 0 Å². The zero-order valence-corrected chi connectivity index (χ0v) is 24.0. The van der Waals surface area contributed by atoms with E-state index in [4.69, 9.17) is 23.7 Å². The van der Waals surface area contributed by atoms with Crippen LogP contribution in [0.3, 0.4) is 0 Å². The van der Waals surface area contributed by atoms with Gasteiger partial charge in [-0.15, -0.1) is 0 Å². The zero-order valence-electron chi connectivity index (χ0n) is 20.5. The van der Waals surface area contributed by atoms with Crippen LogP contribution in [0.5, 0.6) is 0 Å². The van der Waals surface area contributed by atoms with E-state index in [9.17, 15) is 29.4 Å². The summed E-state index contributed by atoms with van der Waals surface area (Å²) in [5.41, 5.74) is -2.75. The smallest absolute Gasteiger partial charge is 0.318 e. The molecule has 0 radical (unpaired) electrons. The van der Waals surface area contributed by atoms with Crippen LogP contribution in [0.25, 0.3) is 0 Å².